The van der Waals surface area contributed by atoms with Crippen molar-refractivity contribution in [2.24, 2.45) is 0 Å². The zero-order valence-electron chi connectivity index (χ0n) is 8.87. The number of ether oxygens (including phenoxy) is 1. The SMILES string of the molecule is CCOC(=O)c1cccc2ccc(Br)cc12. The average molecular weight is 279 g/mol. The van der Waals surface area contributed by atoms with Crippen molar-refractivity contribution in [1.29, 1.82) is 0 Å². The van der Waals surface area contributed by atoms with Crippen LogP contribution in [0, 0.1) is 0 Å². The second-order valence-corrected chi connectivity index (χ2v) is 4.31. The van der Waals surface area contributed by atoms with Gasteiger partial charge in [-0.1, -0.05) is 34.1 Å². The largest absolute Gasteiger partial charge is 0.462 e. The van der Waals surface area contributed by atoms with E-state index in [9.17, 15) is 4.79 Å². The van der Waals surface area contributed by atoms with Gasteiger partial charge in [-0.05, 0) is 35.9 Å². The first-order valence-electron chi connectivity index (χ1n) is 5.08. The molecule has 2 aromatic rings. The first-order chi connectivity index (χ1) is 7.72. The van der Waals surface area contributed by atoms with Crippen molar-refractivity contribution in [2.45, 2.75) is 6.92 Å². The molecule has 0 amide bonds. The number of halogens is 1. The van der Waals surface area contributed by atoms with Gasteiger partial charge in [0.05, 0.1) is 12.2 Å². The molecular weight excluding hydrogens is 268 g/mol. The molecule has 0 unspecified atom stereocenters. The van der Waals surface area contributed by atoms with Gasteiger partial charge in [-0.3, -0.25) is 0 Å². The molecule has 0 radical (unpaired) electrons. The molecule has 0 N–H and O–H groups in total. The van der Waals surface area contributed by atoms with Crippen LogP contribution in [0.25, 0.3) is 10.8 Å². The molecule has 0 heterocycles. The highest BCUT2D eigenvalue weighted by Gasteiger charge is 2.10. The lowest BCUT2D eigenvalue weighted by Crippen LogP contribution is -2.05. The third kappa shape index (κ3) is 2.09. The number of carbonyl (C=O) groups excluding carboxylic acids is 1. The molecule has 0 saturated carbocycles. The van der Waals surface area contributed by atoms with E-state index in [4.69, 9.17) is 4.74 Å². The molecule has 2 nitrogen and oxygen atoms in total. The lowest BCUT2D eigenvalue weighted by molar-refractivity contribution is 0.0528. The third-order valence-electron chi connectivity index (χ3n) is 2.34. The second-order valence-electron chi connectivity index (χ2n) is 3.39. The van der Waals surface area contributed by atoms with Crippen molar-refractivity contribution in [3.05, 3.63) is 46.4 Å². The zero-order valence-corrected chi connectivity index (χ0v) is 10.5. The molecule has 0 bridgehead atoms. The van der Waals surface area contributed by atoms with Gasteiger partial charge in [-0.15, -0.1) is 0 Å². The molecule has 0 aliphatic rings. The first kappa shape index (κ1) is 11.1. The number of rotatable bonds is 2. The number of fused-ring (bicyclic) bond motifs is 1. The summed E-state index contributed by atoms with van der Waals surface area (Å²) in [6.45, 7) is 2.20. The van der Waals surface area contributed by atoms with E-state index < -0.39 is 0 Å². The van der Waals surface area contributed by atoms with Crippen molar-refractivity contribution >= 4 is 32.7 Å². The molecule has 16 heavy (non-hydrogen) atoms. The lowest BCUT2D eigenvalue weighted by atomic mass is 10.1. The molecule has 0 spiro atoms. The number of benzene rings is 2. The summed E-state index contributed by atoms with van der Waals surface area (Å²) >= 11 is 3.40. The minimum atomic E-state index is -0.272. The van der Waals surface area contributed by atoms with E-state index in [1.807, 2.05) is 30.3 Å². The fraction of sp³-hybridized carbons (Fsp3) is 0.154. The summed E-state index contributed by atoms with van der Waals surface area (Å²) in [4.78, 5) is 11.7. The number of hydrogen-bond donors (Lipinski definition) is 0. The Morgan fingerprint density at radius 2 is 2.12 bits per heavy atom. The fourth-order valence-electron chi connectivity index (χ4n) is 1.63. The van der Waals surface area contributed by atoms with Crippen LogP contribution in [0.15, 0.2) is 40.9 Å². The minimum Gasteiger partial charge on any atom is -0.462 e. The first-order valence-corrected chi connectivity index (χ1v) is 5.87. The Morgan fingerprint density at radius 1 is 1.31 bits per heavy atom. The monoisotopic (exact) mass is 278 g/mol. The average Bonchev–Trinajstić information content (AvgIpc) is 2.28. The summed E-state index contributed by atoms with van der Waals surface area (Å²) in [6.07, 6.45) is 0. The van der Waals surface area contributed by atoms with Crippen LogP contribution in [0.2, 0.25) is 0 Å². The summed E-state index contributed by atoms with van der Waals surface area (Å²) in [5.74, 6) is -0.272. The number of hydrogen-bond acceptors (Lipinski definition) is 2. The molecule has 3 heteroatoms. The van der Waals surface area contributed by atoms with Gasteiger partial charge in [0.15, 0.2) is 0 Å². The van der Waals surface area contributed by atoms with Gasteiger partial charge in [-0.25, -0.2) is 4.79 Å². The predicted octanol–water partition coefficient (Wildman–Crippen LogP) is 3.78. The molecule has 0 atom stereocenters. The topological polar surface area (TPSA) is 26.3 Å². The Labute approximate surface area is 102 Å². The third-order valence-corrected chi connectivity index (χ3v) is 2.83. The van der Waals surface area contributed by atoms with E-state index in [1.165, 1.54) is 0 Å². The summed E-state index contributed by atoms with van der Waals surface area (Å²) < 4.78 is 5.98. The standard InChI is InChI=1S/C13H11BrO2/c1-2-16-13(15)11-5-3-4-9-6-7-10(14)8-12(9)11/h3-8H,2H2,1H3. The summed E-state index contributed by atoms with van der Waals surface area (Å²) in [5, 5.41) is 1.95. The van der Waals surface area contributed by atoms with Gasteiger partial charge in [0, 0.05) is 4.47 Å². The molecule has 2 aromatic carbocycles. The van der Waals surface area contributed by atoms with Crippen LogP contribution in [-0.2, 0) is 4.74 Å². The Morgan fingerprint density at radius 3 is 2.88 bits per heavy atom. The molecule has 0 aliphatic heterocycles. The summed E-state index contributed by atoms with van der Waals surface area (Å²) in [7, 11) is 0. The molecule has 0 aliphatic carbocycles. The van der Waals surface area contributed by atoms with Crippen LogP contribution < -0.4 is 0 Å². The van der Waals surface area contributed by atoms with Gasteiger partial charge >= 0.3 is 5.97 Å². The van der Waals surface area contributed by atoms with Crippen molar-refractivity contribution in [3.8, 4) is 0 Å². The highest BCUT2D eigenvalue weighted by Crippen LogP contribution is 2.23. The van der Waals surface area contributed by atoms with Crippen LogP contribution in [0.4, 0.5) is 0 Å². The van der Waals surface area contributed by atoms with Crippen LogP contribution in [-0.4, -0.2) is 12.6 Å². The minimum absolute atomic E-state index is 0.272. The van der Waals surface area contributed by atoms with E-state index in [-0.39, 0.29) is 5.97 Å². The molecule has 0 aromatic heterocycles. The van der Waals surface area contributed by atoms with Crippen molar-refractivity contribution in [2.75, 3.05) is 6.61 Å². The van der Waals surface area contributed by atoms with E-state index in [2.05, 4.69) is 15.9 Å². The van der Waals surface area contributed by atoms with Crippen LogP contribution in [0.5, 0.6) is 0 Å². The van der Waals surface area contributed by atoms with Gasteiger partial charge < -0.3 is 4.74 Å². The van der Waals surface area contributed by atoms with Crippen molar-refractivity contribution in [1.82, 2.24) is 0 Å². The van der Waals surface area contributed by atoms with Gasteiger partial charge in [-0.2, -0.15) is 0 Å². The quantitative estimate of drug-likeness (QED) is 0.782. The Kier molecular flexibility index (Phi) is 3.25. The fourth-order valence-corrected chi connectivity index (χ4v) is 1.99. The van der Waals surface area contributed by atoms with Crippen LogP contribution >= 0.6 is 15.9 Å². The summed E-state index contributed by atoms with van der Waals surface area (Å²) in [5.41, 5.74) is 0.612. The normalized spacial score (nSPS) is 10.4. The highest BCUT2D eigenvalue weighted by atomic mass is 79.9. The van der Waals surface area contributed by atoms with Crippen molar-refractivity contribution in [3.63, 3.8) is 0 Å². The smallest absolute Gasteiger partial charge is 0.338 e. The molecule has 82 valence electrons. The lowest BCUT2D eigenvalue weighted by Gasteiger charge is -2.06. The van der Waals surface area contributed by atoms with Crippen LogP contribution in [0.1, 0.15) is 17.3 Å². The maximum absolute atomic E-state index is 11.7. The van der Waals surface area contributed by atoms with Gasteiger partial charge in [0.25, 0.3) is 0 Å². The molecule has 2 rings (SSSR count). The second kappa shape index (κ2) is 4.66. The Bertz CT molecular complexity index is 534. The van der Waals surface area contributed by atoms with E-state index in [0.717, 1.165) is 15.2 Å². The highest BCUT2D eigenvalue weighted by molar-refractivity contribution is 9.10. The maximum Gasteiger partial charge on any atom is 0.338 e. The maximum atomic E-state index is 11.7. The predicted molar refractivity (Wildman–Crippen MR) is 67.6 cm³/mol. The number of esters is 1. The van der Waals surface area contributed by atoms with Gasteiger partial charge in [0.1, 0.15) is 0 Å². The zero-order chi connectivity index (χ0) is 11.5. The number of carbonyl (C=O) groups is 1. The molecule has 0 fully saturated rings. The molecular formula is C13H11BrO2. The Hall–Kier alpha value is -1.35. The van der Waals surface area contributed by atoms with Crippen LogP contribution in [0.3, 0.4) is 0 Å². The van der Waals surface area contributed by atoms with E-state index in [1.54, 1.807) is 13.0 Å². The van der Waals surface area contributed by atoms with Gasteiger partial charge in [0.2, 0.25) is 0 Å². The molecule has 0 saturated heterocycles. The van der Waals surface area contributed by atoms with Crippen molar-refractivity contribution < 1.29 is 9.53 Å². The Balaban J connectivity index is 2.60. The van der Waals surface area contributed by atoms with E-state index in [0.29, 0.717) is 12.2 Å². The summed E-state index contributed by atoms with van der Waals surface area (Å²) in [6, 6.07) is 11.5. The van der Waals surface area contributed by atoms with E-state index >= 15 is 0 Å².